The predicted octanol–water partition coefficient (Wildman–Crippen LogP) is 2.55. The predicted molar refractivity (Wildman–Crippen MR) is 99.7 cm³/mol. The molecule has 1 N–H and O–H groups in total. The smallest absolute Gasteiger partial charge is 0.313 e. The number of amides is 2. The summed E-state index contributed by atoms with van der Waals surface area (Å²) in [6.45, 7) is 2.76. The molecular weight excluding hydrogens is 334 g/mol. The Labute approximate surface area is 152 Å². The highest BCUT2D eigenvalue weighted by atomic mass is 32.2. The lowest BCUT2D eigenvalue weighted by atomic mass is 10.3. The first-order chi connectivity index (χ1) is 12.1. The fraction of sp³-hybridized carbons (Fsp3) is 0.263. The number of piperazine rings is 1. The van der Waals surface area contributed by atoms with Crippen LogP contribution in [0.5, 0.6) is 0 Å². The van der Waals surface area contributed by atoms with Crippen molar-refractivity contribution >= 4 is 29.3 Å². The van der Waals surface area contributed by atoms with Crippen molar-refractivity contribution in [2.45, 2.75) is 9.79 Å². The van der Waals surface area contributed by atoms with Crippen LogP contribution in [0.2, 0.25) is 0 Å². The average molecular weight is 355 g/mol. The Morgan fingerprint density at radius 2 is 1.56 bits per heavy atom. The topological polar surface area (TPSA) is 52.7 Å². The first-order valence-electron chi connectivity index (χ1n) is 8.24. The Kier molecular flexibility index (Phi) is 5.73. The Hall–Kier alpha value is -2.31. The van der Waals surface area contributed by atoms with E-state index in [1.807, 2.05) is 61.6 Å². The molecule has 25 heavy (non-hydrogen) atoms. The minimum absolute atomic E-state index is 0.465. The van der Waals surface area contributed by atoms with E-state index in [-0.39, 0.29) is 0 Å². The number of anilines is 1. The van der Waals surface area contributed by atoms with Crippen LogP contribution in [0.15, 0.2) is 64.4 Å². The highest BCUT2D eigenvalue weighted by Gasteiger charge is 2.25. The van der Waals surface area contributed by atoms with Gasteiger partial charge in [0.1, 0.15) is 0 Å². The van der Waals surface area contributed by atoms with E-state index >= 15 is 0 Å². The summed E-state index contributed by atoms with van der Waals surface area (Å²) in [6, 6.07) is 17.5. The van der Waals surface area contributed by atoms with E-state index in [1.54, 1.807) is 16.7 Å². The molecule has 3 rings (SSSR count). The van der Waals surface area contributed by atoms with Gasteiger partial charge in [0.15, 0.2) is 0 Å². The van der Waals surface area contributed by atoms with Gasteiger partial charge in [0.25, 0.3) is 0 Å². The van der Waals surface area contributed by atoms with Crippen LogP contribution < -0.4 is 5.32 Å². The van der Waals surface area contributed by atoms with E-state index in [4.69, 9.17) is 0 Å². The summed E-state index contributed by atoms with van der Waals surface area (Å²) in [5, 5.41) is 2.77. The molecule has 0 atom stereocenters. The van der Waals surface area contributed by atoms with Crippen LogP contribution in [-0.2, 0) is 9.59 Å². The third-order valence-corrected chi connectivity index (χ3v) is 5.17. The van der Waals surface area contributed by atoms with Crippen LogP contribution in [0.4, 0.5) is 5.69 Å². The lowest BCUT2D eigenvalue weighted by molar-refractivity contribution is -0.144. The van der Waals surface area contributed by atoms with Crippen LogP contribution in [0, 0.1) is 0 Å². The van der Waals surface area contributed by atoms with Gasteiger partial charge in [-0.25, -0.2) is 0 Å². The summed E-state index contributed by atoms with van der Waals surface area (Å²) in [7, 11) is 2.01. The second-order valence-corrected chi connectivity index (χ2v) is 7.08. The third kappa shape index (κ3) is 4.61. The normalized spacial score (nSPS) is 15.0. The van der Waals surface area contributed by atoms with Gasteiger partial charge >= 0.3 is 11.8 Å². The lowest BCUT2D eigenvalue weighted by Gasteiger charge is -2.31. The number of para-hydroxylation sites is 1. The summed E-state index contributed by atoms with van der Waals surface area (Å²) in [6.07, 6.45) is 0. The van der Waals surface area contributed by atoms with Gasteiger partial charge in [0, 0.05) is 36.0 Å². The third-order valence-electron chi connectivity index (χ3n) is 4.09. The zero-order chi connectivity index (χ0) is 17.6. The van der Waals surface area contributed by atoms with Crippen LogP contribution in [-0.4, -0.2) is 54.8 Å². The van der Waals surface area contributed by atoms with Gasteiger partial charge < -0.3 is 15.1 Å². The fourth-order valence-corrected chi connectivity index (χ4v) is 3.53. The fourth-order valence-electron chi connectivity index (χ4n) is 2.60. The summed E-state index contributed by atoms with van der Waals surface area (Å²) >= 11 is 1.56. The number of likely N-dealkylation sites (N-methyl/N-ethyl adjacent to an activating group) is 1. The summed E-state index contributed by atoms with van der Waals surface area (Å²) in [5.41, 5.74) is 0.656. The van der Waals surface area contributed by atoms with Crippen LogP contribution in [0.1, 0.15) is 0 Å². The van der Waals surface area contributed by atoms with Crippen molar-refractivity contribution < 1.29 is 9.59 Å². The largest absolute Gasteiger partial charge is 0.332 e. The monoisotopic (exact) mass is 355 g/mol. The van der Waals surface area contributed by atoms with Gasteiger partial charge in [-0.05, 0) is 31.3 Å². The van der Waals surface area contributed by atoms with Gasteiger partial charge in [-0.15, -0.1) is 0 Å². The molecule has 6 heteroatoms. The molecule has 2 aromatic carbocycles. The zero-order valence-electron chi connectivity index (χ0n) is 14.1. The second-order valence-electron chi connectivity index (χ2n) is 5.96. The molecule has 1 saturated heterocycles. The minimum Gasteiger partial charge on any atom is -0.332 e. The second kappa shape index (κ2) is 8.18. The number of nitrogens with one attached hydrogen (secondary N) is 1. The van der Waals surface area contributed by atoms with Crippen molar-refractivity contribution in [3.05, 3.63) is 54.6 Å². The van der Waals surface area contributed by atoms with Crippen molar-refractivity contribution in [1.29, 1.82) is 0 Å². The Bertz CT molecular complexity index is 743. The molecule has 0 saturated carbocycles. The maximum absolute atomic E-state index is 12.4. The van der Waals surface area contributed by atoms with Crippen molar-refractivity contribution in [2.24, 2.45) is 0 Å². The van der Waals surface area contributed by atoms with Crippen LogP contribution in [0.3, 0.4) is 0 Å². The van der Waals surface area contributed by atoms with Crippen molar-refractivity contribution in [2.75, 3.05) is 38.5 Å². The molecule has 0 radical (unpaired) electrons. The van der Waals surface area contributed by atoms with E-state index in [9.17, 15) is 9.59 Å². The molecule has 0 aromatic heterocycles. The highest BCUT2D eigenvalue weighted by molar-refractivity contribution is 7.99. The van der Waals surface area contributed by atoms with Gasteiger partial charge in [0.2, 0.25) is 0 Å². The zero-order valence-corrected chi connectivity index (χ0v) is 15.0. The quantitative estimate of drug-likeness (QED) is 0.860. The SMILES string of the molecule is CN1CCN(C(=O)C(=O)Nc2ccccc2Sc2ccccc2)CC1. The first kappa shape index (κ1) is 17.5. The molecule has 0 unspecified atom stereocenters. The van der Waals surface area contributed by atoms with Gasteiger partial charge in [-0.1, -0.05) is 42.1 Å². The van der Waals surface area contributed by atoms with Gasteiger partial charge in [-0.2, -0.15) is 0 Å². The molecule has 2 aromatic rings. The molecule has 0 aliphatic carbocycles. The highest BCUT2D eigenvalue weighted by Crippen LogP contribution is 2.33. The number of carbonyl (C=O) groups is 2. The van der Waals surface area contributed by atoms with Crippen LogP contribution >= 0.6 is 11.8 Å². The van der Waals surface area contributed by atoms with E-state index in [2.05, 4.69) is 10.2 Å². The molecule has 1 heterocycles. The Morgan fingerprint density at radius 1 is 0.920 bits per heavy atom. The summed E-state index contributed by atoms with van der Waals surface area (Å²) in [4.78, 5) is 30.5. The molecule has 5 nitrogen and oxygen atoms in total. The molecule has 130 valence electrons. The number of hydrogen-bond acceptors (Lipinski definition) is 4. The molecule has 0 spiro atoms. The van der Waals surface area contributed by atoms with Crippen molar-refractivity contribution in [3.8, 4) is 0 Å². The average Bonchev–Trinajstić information content (AvgIpc) is 2.64. The van der Waals surface area contributed by atoms with Crippen LogP contribution in [0.25, 0.3) is 0 Å². The summed E-state index contributed by atoms with van der Waals surface area (Å²) in [5.74, 6) is -1.04. The van der Waals surface area contributed by atoms with E-state index in [0.29, 0.717) is 18.8 Å². The Balaban J connectivity index is 1.68. The maximum atomic E-state index is 12.4. The maximum Gasteiger partial charge on any atom is 0.313 e. The van der Waals surface area contributed by atoms with E-state index in [0.717, 1.165) is 22.9 Å². The lowest BCUT2D eigenvalue weighted by Crippen LogP contribution is -2.50. The number of nitrogens with zero attached hydrogens (tertiary/aromatic N) is 2. The molecular formula is C19H21N3O2S. The van der Waals surface area contributed by atoms with E-state index in [1.165, 1.54) is 0 Å². The van der Waals surface area contributed by atoms with Gasteiger partial charge in [-0.3, -0.25) is 9.59 Å². The number of hydrogen-bond donors (Lipinski definition) is 1. The first-order valence-corrected chi connectivity index (χ1v) is 9.06. The molecule has 2 amide bonds. The van der Waals surface area contributed by atoms with Crippen molar-refractivity contribution in [1.82, 2.24) is 9.80 Å². The number of benzene rings is 2. The molecule has 0 bridgehead atoms. The molecule has 1 aliphatic rings. The summed E-state index contributed by atoms with van der Waals surface area (Å²) < 4.78 is 0. The minimum atomic E-state index is -0.578. The molecule has 1 fully saturated rings. The van der Waals surface area contributed by atoms with Crippen molar-refractivity contribution in [3.63, 3.8) is 0 Å². The standard InChI is InChI=1S/C19H21N3O2S/c1-21-11-13-22(14-12-21)19(24)18(23)20-16-9-5-6-10-17(16)25-15-7-3-2-4-8-15/h2-10H,11-14H2,1H3,(H,20,23). The Morgan fingerprint density at radius 3 is 2.28 bits per heavy atom. The van der Waals surface area contributed by atoms with Gasteiger partial charge in [0.05, 0.1) is 5.69 Å². The number of carbonyl (C=O) groups excluding carboxylic acids is 2. The molecule has 1 aliphatic heterocycles. The van der Waals surface area contributed by atoms with E-state index < -0.39 is 11.8 Å². The number of rotatable bonds is 3.